The van der Waals surface area contributed by atoms with Crippen LogP contribution in [0.3, 0.4) is 0 Å². The van der Waals surface area contributed by atoms with E-state index in [9.17, 15) is 0 Å². The number of hydrogen-bond donors (Lipinski definition) is 0. The van der Waals surface area contributed by atoms with Gasteiger partial charge in [-0.05, 0) is 35.7 Å². The van der Waals surface area contributed by atoms with Crippen LogP contribution in [0.15, 0.2) is 17.0 Å². The zero-order chi connectivity index (χ0) is 11.6. The van der Waals surface area contributed by atoms with Crippen molar-refractivity contribution < 1.29 is 4.74 Å². The topological polar surface area (TPSA) is 38.2 Å². The van der Waals surface area contributed by atoms with Gasteiger partial charge < -0.3 is 9.64 Å². The van der Waals surface area contributed by atoms with Crippen molar-refractivity contribution in [2.75, 3.05) is 25.1 Å². The molecular weight excluding hydrogens is 270 g/mol. The smallest absolute Gasteiger partial charge is 0.133 e. The lowest BCUT2D eigenvalue weighted by atomic mass is 9.95. The van der Waals surface area contributed by atoms with Gasteiger partial charge in [-0.1, -0.05) is 0 Å². The van der Waals surface area contributed by atoms with E-state index in [2.05, 4.69) is 37.7 Å². The van der Waals surface area contributed by atoms with Gasteiger partial charge in [-0.25, -0.2) is 9.97 Å². The molecule has 1 fully saturated rings. The van der Waals surface area contributed by atoms with Crippen molar-refractivity contribution in [2.24, 2.45) is 0 Å². The third-order valence-electron chi connectivity index (χ3n) is 3.10. The van der Waals surface area contributed by atoms with Gasteiger partial charge in [0.15, 0.2) is 0 Å². The minimum atomic E-state index is -0.0598. The maximum atomic E-state index is 5.56. The molecule has 88 valence electrons. The fourth-order valence-electron chi connectivity index (χ4n) is 2.07. The summed E-state index contributed by atoms with van der Waals surface area (Å²) < 4.78 is 6.39. The molecule has 2 rings (SSSR count). The molecule has 1 aromatic rings. The molecule has 1 aliphatic rings. The Morgan fingerprint density at radius 3 is 3.00 bits per heavy atom. The first-order chi connectivity index (χ1) is 7.63. The van der Waals surface area contributed by atoms with Crippen LogP contribution in [-0.2, 0) is 4.74 Å². The summed E-state index contributed by atoms with van der Waals surface area (Å²) in [5.41, 5.74) is -0.0598. The summed E-state index contributed by atoms with van der Waals surface area (Å²) in [6.07, 6.45) is 3.82. The molecule has 0 aliphatic carbocycles. The Hall–Kier alpha value is -0.680. The average molecular weight is 286 g/mol. The van der Waals surface area contributed by atoms with Gasteiger partial charge >= 0.3 is 0 Å². The lowest BCUT2D eigenvalue weighted by molar-refractivity contribution is -0.00482. The summed E-state index contributed by atoms with van der Waals surface area (Å²) in [4.78, 5) is 10.6. The molecule has 2 heterocycles. The van der Waals surface area contributed by atoms with Gasteiger partial charge in [0.05, 0.1) is 5.60 Å². The minimum Gasteiger partial charge on any atom is -0.377 e. The third kappa shape index (κ3) is 2.52. The molecule has 0 aromatic carbocycles. The van der Waals surface area contributed by atoms with Crippen LogP contribution in [0.1, 0.15) is 19.8 Å². The van der Waals surface area contributed by atoms with Crippen LogP contribution in [-0.4, -0.2) is 35.8 Å². The molecule has 0 radical (unpaired) electrons. The minimum absolute atomic E-state index is 0.0598. The molecule has 0 saturated carbocycles. The van der Waals surface area contributed by atoms with Crippen molar-refractivity contribution in [3.05, 3.63) is 17.0 Å². The lowest BCUT2D eigenvalue weighted by Crippen LogP contribution is -2.47. The van der Waals surface area contributed by atoms with E-state index >= 15 is 0 Å². The third-order valence-corrected chi connectivity index (χ3v) is 3.53. The van der Waals surface area contributed by atoms with Gasteiger partial charge in [0.25, 0.3) is 0 Å². The predicted octanol–water partition coefficient (Wildman–Crippen LogP) is 2.24. The monoisotopic (exact) mass is 285 g/mol. The molecule has 0 N–H and O–H groups in total. The van der Waals surface area contributed by atoms with Crippen LogP contribution in [0, 0.1) is 0 Å². The summed E-state index contributed by atoms with van der Waals surface area (Å²) >= 11 is 3.37. The van der Waals surface area contributed by atoms with E-state index < -0.39 is 0 Å². The molecule has 5 heteroatoms. The quantitative estimate of drug-likeness (QED) is 0.782. The highest BCUT2D eigenvalue weighted by Gasteiger charge is 2.31. The standard InChI is InChI=1S/C11H16BrN3O/c1-11(16-2)4-3-5-15(7-11)10-6-9(12)13-8-14-10/h6,8H,3-5,7H2,1-2H3. The van der Waals surface area contributed by atoms with E-state index in [0.717, 1.165) is 36.4 Å². The number of aromatic nitrogens is 2. The van der Waals surface area contributed by atoms with Gasteiger partial charge in [-0.15, -0.1) is 0 Å². The maximum Gasteiger partial charge on any atom is 0.133 e. The molecular formula is C11H16BrN3O. The van der Waals surface area contributed by atoms with Crippen molar-refractivity contribution >= 4 is 21.7 Å². The highest BCUT2D eigenvalue weighted by molar-refractivity contribution is 9.10. The van der Waals surface area contributed by atoms with Crippen molar-refractivity contribution in [1.29, 1.82) is 0 Å². The zero-order valence-corrected chi connectivity index (χ0v) is 11.2. The van der Waals surface area contributed by atoms with Crippen LogP contribution in [0.4, 0.5) is 5.82 Å². The summed E-state index contributed by atoms with van der Waals surface area (Å²) in [6.45, 7) is 4.06. The van der Waals surface area contributed by atoms with E-state index in [-0.39, 0.29) is 5.60 Å². The van der Waals surface area contributed by atoms with E-state index in [1.54, 1.807) is 13.4 Å². The Morgan fingerprint density at radius 2 is 2.31 bits per heavy atom. The first-order valence-electron chi connectivity index (χ1n) is 5.41. The van der Waals surface area contributed by atoms with Gasteiger partial charge in [-0.2, -0.15) is 0 Å². The summed E-state index contributed by atoms with van der Waals surface area (Å²) in [5, 5.41) is 0. The molecule has 16 heavy (non-hydrogen) atoms. The van der Waals surface area contributed by atoms with Gasteiger partial charge in [0.2, 0.25) is 0 Å². The van der Waals surface area contributed by atoms with Crippen LogP contribution in [0.25, 0.3) is 0 Å². The first kappa shape index (κ1) is 11.8. The fourth-order valence-corrected chi connectivity index (χ4v) is 2.36. The van der Waals surface area contributed by atoms with Crippen molar-refractivity contribution in [3.8, 4) is 0 Å². The van der Waals surface area contributed by atoms with Crippen LogP contribution in [0.5, 0.6) is 0 Å². The highest BCUT2D eigenvalue weighted by Crippen LogP contribution is 2.27. The van der Waals surface area contributed by atoms with E-state index in [1.807, 2.05) is 6.07 Å². The van der Waals surface area contributed by atoms with Gasteiger partial charge in [0, 0.05) is 26.3 Å². The van der Waals surface area contributed by atoms with Crippen LogP contribution in [0.2, 0.25) is 0 Å². The van der Waals surface area contributed by atoms with Gasteiger partial charge in [-0.3, -0.25) is 0 Å². The van der Waals surface area contributed by atoms with Crippen molar-refractivity contribution in [1.82, 2.24) is 9.97 Å². The van der Waals surface area contributed by atoms with Crippen LogP contribution < -0.4 is 4.90 Å². The fraction of sp³-hybridized carbons (Fsp3) is 0.636. The first-order valence-corrected chi connectivity index (χ1v) is 6.20. The van der Waals surface area contributed by atoms with Crippen molar-refractivity contribution in [3.63, 3.8) is 0 Å². The zero-order valence-electron chi connectivity index (χ0n) is 9.61. The van der Waals surface area contributed by atoms with E-state index in [0.29, 0.717) is 0 Å². The number of nitrogens with zero attached hydrogens (tertiary/aromatic N) is 3. The average Bonchev–Trinajstić information content (AvgIpc) is 2.29. The molecule has 0 bridgehead atoms. The number of anilines is 1. The number of halogens is 1. The number of piperidine rings is 1. The van der Waals surface area contributed by atoms with E-state index in [4.69, 9.17) is 4.74 Å². The van der Waals surface area contributed by atoms with Gasteiger partial charge in [0.1, 0.15) is 16.7 Å². The van der Waals surface area contributed by atoms with E-state index in [1.165, 1.54) is 0 Å². The highest BCUT2D eigenvalue weighted by atomic mass is 79.9. The molecule has 1 atom stereocenters. The molecule has 1 aliphatic heterocycles. The molecule has 0 amide bonds. The second-order valence-corrected chi connectivity index (χ2v) is 5.19. The van der Waals surface area contributed by atoms with Crippen LogP contribution >= 0.6 is 15.9 Å². The Balaban J connectivity index is 2.16. The number of methoxy groups -OCH3 is 1. The summed E-state index contributed by atoms with van der Waals surface area (Å²) in [6, 6.07) is 1.95. The largest absolute Gasteiger partial charge is 0.377 e. The Labute approximate surface area is 104 Å². The molecule has 4 nitrogen and oxygen atoms in total. The van der Waals surface area contributed by atoms with Crippen molar-refractivity contribution in [2.45, 2.75) is 25.4 Å². The normalized spacial score (nSPS) is 25.8. The lowest BCUT2D eigenvalue weighted by Gasteiger charge is -2.40. The summed E-state index contributed by atoms with van der Waals surface area (Å²) in [7, 11) is 1.78. The number of hydrogen-bond acceptors (Lipinski definition) is 4. The SMILES string of the molecule is COC1(C)CCCN(c2cc(Br)ncn2)C1. The Bertz CT molecular complexity index is 374. The Morgan fingerprint density at radius 1 is 1.50 bits per heavy atom. The Kier molecular flexibility index (Phi) is 3.44. The maximum absolute atomic E-state index is 5.56. The molecule has 1 aromatic heterocycles. The predicted molar refractivity (Wildman–Crippen MR) is 66.6 cm³/mol. The number of ether oxygens (including phenoxy) is 1. The summed E-state index contributed by atoms with van der Waals surface area (Å²) in [5.74, 6) is 0.963. The molecule has 0 spiro atoms. The second kappa shape index (κ2) is 4.67. The molecule has 1 saturated heterocycles. The number of rotatable bonds is 2. The molecule has 1 unspecified atom stereocenters. The second-order valence-electron chi connectivity index (χ2n) is 4.38.